The number of nitrogens with two attached hydrogens (primary N) is 1. The number of hydrazine groups is 1. The zero-order valence-corrected chi connectivity index (χ0v) is 11.1. The highest BCUT2D eigenvalue weighted by atomic mass is 32.1. The number of nitrogens with zero attached hydrogens (tertiary/aromatic N) is 2. The molecule has 0 amide bonds. The van der Waals surface area contributed by atoms with Gasteiger partial charge in [0, 0.05) is 24.2 Å². The van der Waals surface area contributed by atoms with Crippen LogP contribution < -0.4 is 11.3 Å². The van der Waals surface area contributed by atoms with E-state index in [1.54, 1.807) is 0 Å². The Hall–Kier alpha value is -0.740. The number of alkyl halides is 3. The van der Waals surface area contributed by atoms with Gasteiger partial charge in [-0.25, -0.2) is 10.4 Å². The number of aromatic nitrogens is 1. The van der Waals surface area contributed by atoms with Gasteiger partial charge in [0.1, 0.15) is 0 Å². The van der Waals surface area contributed by atoms with E-state index in [0.29, 0.717) is 29.4 Å². The Labute approximate surface area is 112 Å². The number of likely N-dealkylation sites (N-methyl/N-ethyl adjacent to an activating group) is 1. The van der Waals surface area contributed by atoms with Gasteiger partial charge in [0.15, 0.2) is 5.01 Å². The minimum atomic E-state index is -4.42. The van der Waals surface area contributed by atoms with Gasteiger partial charge in [0.2, 0.25) is 0 Å². The first-order chi connectivity index (χ1) is 8.91. The van der Waals surface area contributed by atoms with Crippen LogP contribution in [0.5, 0.6) is 0 Å². The molecule has 1 saturated heterocycles. The summed E-state index contributed by atoms with van der Waals surface area (Å²) >= 11 is 0.590. The molecule has 9 heteroatoms. The molecule has 2 unspecified atom stereocenters. The van der Waals surface area contributed by atoms with Crippen molar-refractivity contribution in [2.75, 3.05) is 26.7 Å². The SMILES string of the molecule is CN1CCOC(C(NN)c2cnc(C(F)(F)F)s2)C1. The van der Waals surface area contributed by atoms with E-state index in [1.165, 1.54) is 6.20 Å². The molecule has 3 N–H and O–H groups in total. The zero-order valence-electron chi connectivity index (χ0n) is 10.3. The van der Waals surface area contributed by atoms with Crippen LogP contribution in [0.3, 0.4) is 0 Å². The lowest BCUT2D eigenvalue weighted by atomic mass is 10.1. The minimum Gasteiger partial charge on any atom is -0.373 e. The monoisotopic (exact) mass is 296 g/mol. The fourth-order valence-corrected chi connectivity index (χ4v) is 2.84. The maximum Gasteiger partial charge on any atom is 0.443 e. The van der Waals surface area contributed by atoms with Gasteiger partial charge in [0.25, 0.3) is 0 Å². The standard InChI is InChI=1S/C10H15F3N4OS/c1-17-2-3-18-6(5-17)8(16-14)7-4-15-9(19-7)10(11,12)13/h4,6,8,16H,2-3,5,14H2,1H3. The number of morpholine rings is 1. The molecule has 0 bridgehead atoms. The largest absolute Gasteiger partial charge is 0.443 e. The number of halogens is 3. The van der Waals surface area contributed by atoms with Crippen molar-refractivity contribution in [3.8, 4) is 0 Å². The first-order valence-electron chi connectivity index (χ1n) is 5.71. The minimum absolute atomic E-state index is 0.287. The topological polar surface area (TPSA) is 63.4 Å². The van der Waals surface area contributed by atoms with Crippen molar-refractivity contribution in [1.29, 1.82) is 0 Å². The van der Waals surface area contributed by atoms with Crippen LogP contribution in [0.4, 0.5) is 13.2 Å². The number of hydrogen-bond acceptors (Lipinski definition) is 6. The van der Waals surface area contributed by atoms with Crippen LogP contribution in [-0.4, -0.2) is 42.7 Å². The van der Waals surface area contributed by atoms with Crippen molar-refractivity contribution in [1.82, 2.24) is 15.3 Å². The third kappa shape index (κ3) is 3.42. The molecule has 2 heterocycles. The average Bonchev–Trinajstić information content (AvgIpc) is 2.79. The van der Waals surface area contributed by atoms with E-state index in [-0.39, 0.29) is 6.10 Å². The Morgan fingerprint density at radius 1 is 1.63 bits per heavy atom. The summed E-state index contributed by atoms with van der Waals surface area (Å²) in [6, 6.07) is -0.489. The number of thiazole rings is 1. The van der Waals surface area contributed by atoms with Crippen molar-refractivity contribution >= 4 is 11.3 Å². The molecule has 0 aromatic carbocycles. The van der Waals surface area contributed by atoms with Crippen molar-refractivity contribution < 1.29 is 17.9 Å². The summed E-state index contributed by atoms with van der Waals surface area (Å²) in [5.41, 5.74) is 2.52. The highest BCUT2D eigenvalue weighted by Crippen LogP contribution is 2.35. The van der Waals surface area contributed by atoms with Gasteiger partial charge in [-0.05, 0) is 7.05 Å². The smallest absolute Gasteiger partial charge is 0.373 e. The van der Waals surface area contributed by atoms with E-state index in [4.69, 9.17) is 10.6 Å². The molecule has 0 saturated carbocycles. The number of hydrogen-bond donors (Lipinski definition) is 2. The molecule has 5 nitrogen and oxygen atoms in total. The lowest BCUT2D eigenvalue weighted by molar-refractivity contribution is -0.137. The van der Waals surface area contributed by atoms with E-state index < -0.39 is 17.2 Å². The van der Waals surface area contributed by atoms with Crippen molar-refractivity contribution in [3.05, 3.63) is 16.1 Å². The van der Waals surface area contributed by atoms with Crippen LogP contribution in [0, 0.1) is 0 Å². The van der Waals surface area contributed by atoms with Crippen LogP contribution in [0.15, 0.2) is 6.20 Å². The van der Waals surface area contributed by atoms with E-state index in [9.17, 15) is 13.2 Å². The summed E-state index contributed by atoms with van der Waals surface area (Å²) < 4.78 is 43.2. The molecule has 108 valence electrons. The first-order valence-corrected chi connectivity index (χ1v) is 6.52. The van der Waals surface area contributed by atoms with Crippen LogP contribution >= 0.6 is 11.3 Å². The van der Waals surface area contributed by atoms with Crippen LogP contribution in [-0.2, 0) is 10.9 Å². The molecule has 0 spiro atoms. The molecule has 1 aromatic rings. The number of ether oxygens (including phenoxy) is 1. The highest BCUT2D eigenvalue weighted by Gasteiger charge is 2.36. The number of nitrogens with one attached hydrogen (secondary N) is 1. The normalized spacial score (nSPS) is 23.5. The summed E-state index contributed by atoms with van der Waals surface area (Å²) in [6.45, 7) is 1.93. The molecule has 1 aliphatic heterocycles. The Morgan fingerprint density at radius 3 is 2.89 bits per heavy atom. The molecule has 2 rings (SSSR count). The molecular formula is C10H15F3N4OS. The van der Waals surface area contributed by atoms with Crippen molar-refractivity contribution in [3.63, 3.8) is 0 Å². The summed E-state index contributed by atoms with van der Waals surface area (Å²) in [5.74, 6) is 5.45. The second-order valence-corrected chi connectivity index (χ2v) is 5.44. The quantitative estimate of drug-likeness (QED) is 0.643. The Bertz CT molecular complexity index is 425. The van der Waals surface area contributed by atoms with E-state index >= 15 is 0 Å². The van der Waals surface area contributed by atoms with Gasteiger partial charge in [0.05, 0.1) is 18.8 Å². The van der Waals surface area contributed by atoms with Gasteiger partial charge >= 0.3 is 6.18 Å². The van der Waals surface area contributed by atoms with Gasteiger partial charge in [-0.1, -0.05) is 0 Å². The molecule has 2 atom stereocenters. The maximum atomic E-state index is 12.5. The predicted octanol–water partition coefficient (Wildman–Crippen LogP) is 0.997. The van der Waals surface area contributed by atoms with Crippen LogP contribution in [0.2, 0.25) is 0 Å². The molecule has 1 aliphatic rings. The van der Waals surface area contributed by atoms with Gasteiger partial charge in [-0.15, -0.1) is 11.3 Å². The molecular weight excluding hydrogens is 281 g/mol. The summed E-state index contributed by atoms with van der Waals surface area (Å²) in [4.78, 5) is 5.87. The van der Waals surface area contributed by atoms with Gasteiger partial charge in [-0.2, -0.15) is 13.2 Å². The summed E-state index contributed by atoms with van der Waals surface area (Å²) in [5, 5.41) is -0.869. The van der Waals surface area contributed by atoms with Crippen LogP contribution in [0.1, 0.15) is 15.9 Å². The fourth-order valence-electron chi connectivity index (χ4n) is 1.95. The third-order valence-corrected chi connectivity index (χ3v) is 4.05. The van der Waals surface area contributed by atoms with E-state index in [1.807, 2.05) is 11.9 Å². The molecule has 0 radical (unpaired) electrons. The maximum absolute atomic E-state index is 12.5. The van der Waals surface area contributed by atoms with Crippen LogP contribution in [0.25, 0.3) is 0 Å². The first kappa shape index (κ1) is 14.7. The average molecular weight is 296 g/mol. The number of rotatable bonds is 3. The molecule has 19 heavy (non-hydrogen) atoms. The summed E-state index contributed by atoms with van der Waals surface area (Å²) in [6.07, 6.45) is -3.51. The van der Waals surface area contributed by atoms with Crippen molar-refractivity contribution in [2.24, 2.45) is 5.84 Å². The Kier molecular flexibility index (Phi) is 4.41. The van der Waals surface area contributed by atoms with Gasteiger partial charge in [-0.3, -0.25) is 5.84 Å². The van der Waals surface area contributed by atoms with E-state index in [0.717, 1.165) is 6.54 Å². The second kappa shape index (κ2) is 5.71. The molecule has 0 aliphatic carbocycles. The third-order valence-electron chi connectivity index (χ3n) is 2.92. The Balaban J connectivity index is 2.15. The highest BCUT2D eigenvalue weighted by molar-refractivity contribution is 7.11. The van der Waals surface area contributed by atoms with Crippen molar-refractivity contribution in [2.45, 2.75) is 18.3 Å². The lowest BCUT2D eigenvalue weighted by Gasteiger charge is -2.34. The predicted molar refractivity (Wildman–Crippen MR) is 64.4 cm³/mol. The second-order valence-electron chi connectivity index (χ2n) is 4.38. The van der Waals surface area contributed by atoms with E-state index in [2.05, 4.69) is 10.4 Å². The van der Waals surface area contributed by atoms with Gasteiger partial charge < -0.3 is 9.64 Å². The molecule has 1 aromatic heterocycles. The zero-order chi connectivity index (χ0) is 14.0. The fraction of sp³-hybridized carbons (Fsp3) is 0.700. The Morgan fingerprint density at radius 2 is 2.37 bits per heavy atom. The summed E-state index contributed by atoms with van der Waals surface area (Å²) in [7, 11) is 1.93. The molecule has 1 fully saturated rings. The lowest BCUT2D eigenvalue weighted by Crippen LogP contribution is -2.48.